The molecule has 0 aliphatic heterocycles. The van der Waals surface area contributed by atoms with Crippen LogP contribution in [-0.2, 0) is 6.61 Å². The van der Waals surface area contributed by atoms with E-state index in [1.54, 1.807) is 18.2 Å². The van der Waals surface area contributed by atoms with E-state index < -0.39 is 5.63 Å². The summed E-state index contributed by atoms with van der Waals surface area (Å²) in [4.78, 5) is 11.6. The van der Waals surface area contributed by atoms with Crippen molar-refractivity contribution in [1.29, 1.82) is 0 Å². The van der Waals surface area contributed by atoms with Crippen molar-refractivity contribution in [2.75, 3.05) is 14.2 Å². The predicted octanol–water partition coefficient (Wildman–Crippen LogP) is 1.30. The van der Waals surface area contributed by atoms with Crippen molar-refractivity contribution in [3.63, 3.8) is 0 Å². The molecule has 0 fully saturated rings. The van der Waals surface area contributed by atoms with Crippen LogP contribution in [0.2, 0.25) is 0 Å². The molecule has 5 nitrogen and oxygen atoms in total. The molecule has 90 valence electrons. The lowest BCUT2D eigenvalue weighted by Gasteiger charge is -2.11. The van der Waals surface area contributed by atoms with Crippen LogP contribution in [0.15, 0.2) is 27.4 Å². The van der Waals surface area contributed by atoms with E-state index in [9.17, 15) is 9.90 Å². The third kappa shape index (κ3) is 1.74. The second-order valence-corrected chi connectivity index (χ2v) is 3.40. The second kappa shape index (κ2) is 4.47. The normalized spacial score (nSPS) is 10.5. The van der Waals surface area contributed by atoms with Gasteiger partial charge in [-0.25, -0.2) is 4.79 Å². The first-order valence-electron chi connectivity index (χ1n) is 5.00. The Kier molecular flexibility index (Phi) is 3.01. The van der Waals surface area contributed by atoms with Gasteiger partial charge in [-0.3, -0.25) is 0 Å². The molecule has 0 radical (unpaired) electrons. The summed E-state index contributed by atoms with van der Waals surface area (Å²) < 4.78 is 15.2. The number of ether oxygens (including phenoxy) is 2. The minimum atomic E-state index is -0.605. The van der Waals surface area contributed by atoms with Crippen LogP contribution >= 0.6 is 0 Å². The monoisotopic (exact) mass is 236 g/mol. The number of aliphatic hydroxyl groups excluding tert-OH is 1. The third-order valence-corrected chi connectivity index (χ3v) is 2.51. The Morgan fingerprint density at radius 1 is 1.24 bits per heavy atom. The van der Waals surface area contributed by atoms with Crippen LogP contribution in [0.25, 0.3) is 11.0 Å². The number of fused-ring (bicyclic) bond motifs is 1. The van der Waals surface area contributed by atoms with Crippen LogP contribution in [0.5, 0.6) is 11.5 Å². The van der Waals surface area contributed by atoms with Gasteiger partial charge >= 0.3 is 5.63 Å². The molecule has 1 heterocycles. The highest BCUT2D eigenvalue weighted by molar-refractivity contribution is 5.88. The number of rotatable bonds is 3. The average molecular weight is 236 g/mol. The van der Waals surface area contributed by atoms with Crippen LogP contribution in [0, 0.1) is 0 Å². The van der Waals surface area contributed by atoms with Crippen molar-refractivity contribution in [2.45, 2.75) is 6.61 Å². The second-order valence-electron chi connectivity index (χ2n) is 3.40. The molecule has 0 spiro atoms. The zero-order chi connectivity index (χ0) is 12.4. The molecule has 1 aromatic heterocycles. The Bertz CT molecular complexity index is 600. The molecule has 0 amide bonds. The lowest BCUT2D eigenvalue weighted by Crippen LogP contribution is -2.07. The fraction of sp³-hybridized carbons (Fsp3) is 0.250. The zero-order valence-corrected chi connectivity index (χ0v) is 9.52. The maximum atomic E-state index is 11.6. The smallest absolute Gasteiger partial charge is 0.383 e. The van der Waals surface area contributed by atoms with E-state index in [4.69, 9.17) is 13.9 Å². The molecule has 0 atom stereocenters. The molecule has 2 rings (SSSR count). The Labute approximate surface area is 97.2 Å². The van der Waals surface area contributed by atoms with Crippen LogP contribution in [0.4, 0.5) is 0 Å². The quantitative estimate of drug-likeness (QED) is 0.813. The Balaban J connectivity index is 2.95. The summed E-state index contributed by atoms with van der Waals surface area (Å²) in [5, 5.41) is 9.82. The van der Waals surface area contributed by atoms with E-state index in [1.807, 2.05) is 0 Å². The van der Waals surface area contributed by atoms with Crippen molar-refractivity contribution in [1.82, 2.24) is 0 Å². The van der Waals surface area contributed by atoms with Gasteiger partial charge in [-0.15, -0.1) is 0 Å². The molecule has 2 aromatic rings. The topological polar surface area (TPSA) is 68.9 Å². The van der Waals surface area contributed by atoms with E-state index in [0.29, 0.717) is 16.5 Å². The highest BCUT2D eigenvalue weighted by atomic mass is 16.5. The number of methoxy groups -OCH3 is 2. The van der Waals surface area contributed by atoms with E-state index in [0.717, 1.165) is 0 Å². The van der Waals surface area contributed by atoms with Crippen LogP contribution in [-0.4, -0.2) is 19.3 Å². The summed E-state index contributed by atoms with van der Waals surface area (Å²) in [5.41, 5.74) is 0.368. The summed E-state index contributed by atoms with van der Waals surface area (Å²) in [6.07, 6.45) is 0. The van der Waals surface area contributed by atoms with Gasteiger partial charge in [-0.1, -0.05) is 12.1 Å². The van der Waals surface area contributed by atoms with E-state index in [2.05, 4.69) is 0 Å². The fourth-order valence-corrected chi connectivity index (χ4v) is 1.77. The lowest BCUT2D eigenvalue weighted by molar-refractivity contribution is 0.282. The van der Waals surface area contributed by atoms with E-state index in [1.165, 1.54) is 14.2 Å². The maximum absolute atomic E-state index is 11.6. The van der Waals surface area contributed by atoms with Crippen LogP contribution < -0.4 is 15.1 Å². The average Bonchev–Trinajstić information content (AvgIpc) is 2.36. The summed E-state index contributed by atoms with van der Waals surface area (Å²) >= 11 is 0. The van der Waals surface area contributed by atoms with Crippen molar-refractivity contribution in [2.24, 2.45) is 0 Å². The Hall–Kier alpha value is -2.01. The van der Waals surface area contributed by atoms with Crippen LogP contribution in [0.1, 0.15) is 5.56 Å². The first kappa shape index (κ1) is 11.5. The Morgan fingerprint density at radius 2 is 1.94 bits per heavy atom. The third-order valence-electron chi connectivity index (χ3n) is 2.51. The molecular formula is C12H12O5. The molecule has 0 saturated carbocycles. The number of hydrogen-bond acceptors (Lipinski definition) is 5. The fourth-order valence-electron chi connectivity index (χ4n) is 1.77. The molecule has 17 heavy (non-hydrogen) atoms. The summed E-state index contributed by atoms with van der Waals surface area (Å²) in [6.45, 7) is -0.176. The van der Waals surface area contributed by atoms with Crippen molar-refractivity contribution in [3.05, 3.63) is 34.2 Å². The molecule has 5 heteroatoms. The highest BCUT2D eigenvalue weighted by Crippen LogP contribution is 2.34. The lowest BCUT2D eigenvalue weighted by atomic mass is 10.1. The molecule has 1 N–H and O–H groups in total. The molecule has 1 aromatic carbocycles. The first-order valence-corrected chi connectivity index (χ1v) is 5.00. The molecule has 0 bridgehead atoms. The molecule has 0 saturated heterocycles. The highest BCUT2D eigenvalue weighted by Gasteiger charge is 2.18. The van der Waals surface area contributed by atoms with Gasteiger partial charge in [0.25, 0.3) is 0 Å². The maximum Gasteiger partial charge on any atom is 0.383 e. The largest absolute Gasteiger partial charge is 0.492 e. The first-order chi connectivity index (χ1) is 8.22. The molecule has 0 aliphatic carbocycles. The van der Waals surface area contributed by atoms with E-state index in [-0.39, 0.29) is 18.1 Å². The summed E-state index contributed by atoms with van der Waals surface area (Å²) in [6, 6.07) is 5.06. The molecule has 0 aliphatic rings. The summed E-state index contributed by atoms with van der Waals surface area (Å²) in [7, 11) is 2.80. The van der Waals surface area contributed by atoms with Gasteiger partial charge in [0.15, 0.2) is 5.75 Å². The van der Waals surface area contributed by atoms with Gasteiger partial charge in [0, 0.05) is 0 Å². The van der Waals surface area contributed by atoms with Crippen molar-refractivity contribution < 1.29 is 19.0 Å². The van der Waals surface area contributed by atoms with Crippen molar-refractivity contribution in [3.8, 4) is 11.5 Å². The van der Waals surface area contributed by atoms with Gasteiger partial charge in [0.2, 0.25) is 5.75 Å². The molecule has 0 unspecified atom stereocenters. The molecular weight excluding hydrogens is 224 g/mol. The summed E-state index contributed by atoms with van der Waals surface area (Å²) in [5.74, 6) is 0.282. The van der Waals surface area contributed by atoms with E-state index >= 15 is 0 Å². The van der Waals surface area contributed by atoms with Gasteiger partial charge in [-0.05, 0) is 11.6 Å². The number of hydrogen-bond donors (Lipinski definition) is 1. The van der Waals surface area contributed by atoms with Crippen LogP contribution in [0.3, 0.4) is 0 Å². The van der Waals surface area contributed by atoms with Gasteiger partial charge in [-0.2, -0.15) is 0 Å². The minimum absolute atomic E-state index is 0.000833. The number of aliphatic hydroxyl groups is 1. The minimum Gasteiger partial charge on any atom is -0.492 e. The van der Waals surface area contributed by atoms with Crippen molar-refractivity contribution >= 4 is 11.0 Å². The van der Waals surface area contributed by atoms with Gasteiger partial charge in [0.05, 0.1) is 26.2 Å². The zero-order valence-electron chi connectivity index (χ0n) is 9.52. The number of benzene rings is 1. The Morgan fingerprint density at radius 3 is 2.53 bits per heavy atom. The predicted molar refractivity (Wildman–Crippen MR) is 61.5 cm³/mol. The SMILES string of the molecule is COc1c(OC)c2c(CO)cccc2oc1=O. The standard InChI is InChI=1S/C12H12O5/c1-15-10-9-7(6-13)4-3-5-8(9)17-12(14)11(10)16-2/h3-5,13H,6H2,1-2H3. The van der Waals surface area contributed by atoms with Gasteiger partial charge < -0.3 is 19.0 Å². The van der Waals surface area contributed by atoms with Gasteiger partial charge in [0.1, 0.15) is 5.58 Å².